The SMILES string of the molecule is Cn1c(=S)[nH]c(=O)c2c(C(F)(F)F)cc(-c3ccc(Br)cc3)nc21. The van der Waals surface area contributed by atoms with E-state index in [1.807, 2.05) is 0 Å². The minimum Gasteiger partial charge on any atom is -0.306 e. The molecule has 4 nitrogen and oxygen atoms in total. The molecule has 124 valence electrons. The number of hydrogen-bond donors (Lipinski definition) is 1. The summed E-state index contributed by atoms with van der Waals surface area (Å²) < 4.78 is 42.4. The molecule has 2 aromatic heterocycles. The van der Waals surface area contributed by atoms with Crippen molar-refractivity contribution in [2.24, 2.45) is 7.05 Å². The van der Waals surface area contributed by atoms with Crippen LogP contribution >= 0.6 is 28.1 Å². The lowest BCUT2D eigenvalue weighted by Crippen LogP contribution is -2.19. The summed E-state index contributed by atoms with van der Waals surface area (Å²) in [6, 6.07) is 7.56. The lowest BCUT2D eigenvalue weighted by atomic mass is 10.1. The van der Waals surface area contributed by atoms with E-state index in [0.717, 1.165) is 10.5 Å². The van der Waals surface area contributed by atoms with Crippen molar-refractivity contribution in [2.45, 2.75) is 6.18 Å². The van der Waals surface area contributed by atoms with E-state index >= 15 is 0 Å². The fourth-order valence-electron chi connectivity index (χ4n) is 2.33. The number of aromatic nitrogens is 3. The first-order valence-corrected chi connectivity index (χ1v) is 7.86. The number of alkyl halides is 3. The van der Waals surface area contributed by atoms with E-state index in [1.165, 1.54) is 11.6 Å². The minimum absolute atomic E-state index is 0.00100. The van der Waals surface area contributed by atoms with Crippen molar-refractivity contribution >= 4 is 39.2 Å². The molecule has 9 heteroatoms. The Bertz CT molecular complexity index is 1050. The number of aryl methyl sites for hydroxylation is 1. The molecule has 0 aliphatic carbocycles. The van der Waals surface area contributed by atoms with Crippen molar-refractivity contribution in [3.63, 3.8) is 0 Å². The maximum atomic E-state index is 13.5. The maximum absolute atomic E-state index is 13.5. The molecule has 0 amide bonds. The molecule has 2 heterocycles. The van der Waals surface area contributed by atoms with Crippen LogP contribution in [-0.4, -0.2) is 14.5 Å². The van der Waals surface area contributed by atoms with E-state index in [1.54, 1.807) is 24.3 Å². The summed E-state index contributed by atoms with van der Waals surface area (Å²) in [6.07, 6.45) is -4.70. The molecule has 0 aliphatic rings. The number of aromatic amines is 1. The number of nitrogens with zero attached hydrogens (tertiary/aromatic N) is 2. The van der Waals surface area contributed by atoms with E-state index in [4.69, 9.17) is 12.2 Å². The summed E-state index contributed by atoms with van der Waals surface area (Å²) in [5.41, 5.74) is -1.46. The van der Waals surface area contributed by atoms with Crippen molar-refractivity contribution in [1.29, 1.82) is 0 Å². The fourth-order valence-corrected chi connectivity index (χ4v) is 2.77. The van der Waals surface area contributed by atoms with Crippen LogP contribution in [0.15, 0.2) is 39.6 Å². The monoisotopic (exact) mass is 415 g/mol. The van der Waals surface area contributed by atoms with Crippen LogP contribution in [-0.2, 0) is 13.2 Å². The Morgan fingerprint density at radius 3 is 2.46 bits per heavy atom. The summed E-state index contributed by atoms with van der Waals surface area (Å²) in [4.78, 5) is 18.5. The minimum atomic E-state index is -4.70. The molecule has 0 saturated heterocycles. The molecular weight excluding hydrogens is 407 g/mol. The summed E-state index contributed by atoms with van der Waals surface area (Å²) in [7, 11) is 1.46. The Kier molecular flexibility index (Phi) is 4.08. The van der Waals surface area contributed by atoms with Crippen LogP contribution in [0.1, 0.15) is 5.56 Å². The molecule has 3 aromatic rings. The van der Waals surface area contributed by atoms with Gasteiger partial charge < -0.3 is 4.57 Å². The number of fused-ring (bicyclic) bond motifs is 1. The zero-order valence-corrected chi connectivity index (χ0v) is 14.5. The van der Waals surface area contributed by atoms with Crippen LogP contribution < -0.4 is 5.56 Å². The number of hydrogen-bond acceptors (Lipinski definition) is 3. The van der Waals surface area contributed by atoms with Gasteiger partial charge in [-0.05, 0) is 30.4 Å². The van der Waals surface area contributed by atoms with Crippen molar-refractivity contribution in [3.8, 4) is 11.3 Å². The third-order valence-corrected chi connectivity index (χ3v) is 4.42. The third-order valence-electron chi connectivity index (χ3n) is 3.52. The standard InChI is InChI=1S/C15H9BrF3N3OS/c1-22-12-11(13(23)21-14(22)24)9(15(17,18)19)6-10(20-12)7-2-4-8(16)5-3-7/h2-6H,1H3,(H,21,23,24). The predicted molar refractivity (Wildman–Crippen MR) is 90.3 cm³/mol. The highest BCUT2D eigenvalue weighted by molar-refractivity contribution is 9.10. The smallest absolute Gasteiger partial charge is 0.306 e. The number of pyridine rings is 1. The van der Waals surface area contributed by atoms with Gasteiger partial charge in [-0.3, -0.25) is 9.78 Å². The maximum Gasteiger partial charge on any atom is 0.417 e. The molecule has 0 aliphatic heterocycles. The van der Waals surface area contributed by atoms with Gasteiger partial charge in [0.2, 0.25) is 0 Å². The Hall–Kier alpha value is -2.00. The van der Waals surface area contributed by atoms with Gasteiger partial charge >= 0.3 is 6.18 Å². The van der Waals surface area contributed by atoms with Gasteiger partial charge in [-0.25, -0.2) is 4.98 Å². The average Bonchev–Trinajstić information content (AvgIpc) is 2.51. The van der Waals surface area contributed by atoms with Crippen LogP contribution in [0.3, 0.4) is 0 Å². The van der Waals surface area contributed by atoms with Gasteiger partial charge in [0.05, 0.1) is 16.6 Å². The lowest BCUT2D eigenvalue weighted by Gasteiger charge is -2.14. The number of rotatable bonds is 1. The van der Waals surface area contributed by atoms with Crippen molar-refractivity contribution in [1.82, 2.24) is 14.5 Å². The van der Waals surface area contributed by atoms with Gasteiger partial charge in [-0.2, -0.15) is 13.2 Å². The highest BCUT2D eigenvalue weighted by Crippen LogP contribution is 2.35. The molecule has 3 rings (SSSR count). The Balaban J connectivity index is 2.46. The van der Waals surface area contributed by atoms with E-state index in [0.29, 0.717) is 5.56 Å². The molecule has 0 saturated carbocycles. The van der Waals surface area contributed by atoms with Crippen LogP contribution in [0.2, 0.25) is 0 Å². The highest BCUT2D eigenvalue weighted by atomic mass is 79.9. The molecular formula is C15H9BrF3N3OS. The van der Waals surface area contributed by atoms with E-state index < -0.39 is 22.7 Å². The van der Waals surface area contributed by atoms with Gasteiger partial charge in [0.15, 0.2) is 4.77 Å². The third kappa shape index (κ3) is 2.89. The average molecular weight is 416 g/mol. The summed E-state index contributed by atoms with van der Waals surface area (Å²) in [5, 5.41) is -0.528. The van der Waals surface area contributed by atoms with Crippen molar-refractivity contribution < 1.29 is 13.2 Å². The first-order chi connectivity index (χ1) is 11.2. The lowest BCUT2D eigenvalue weighted by molar-refractivity contribution is -0.136. The molecule has 24 heavy (non-hydrogen) atoms. The van der Waals surface area contributed by atoms with Crippen LogP contribution in [0.5, 0.6) is 0 Å². The van der Waals surface area contributed by atoms with Gasteiger partial charge in [0, 0.05) is 17.1 Å². The molecule has 1 N–H and O–H groups in total. The van der Waals surface area contributed by atoms with E-state index in [2.05, 4.69) is 25.9 Å². The van der Waals surface area contributed by atoms with Crippen LogP contribution in [0.4, 0.5) is 13.2 Å². The Morgan fingerprint density at radius 2 is 1.88 bits per heavy atom. The molecule has 0 radical (unpaired) electrons. The summed E-state index contributed by atoms with van der Waals surface area (Å²) in [6.45, 7) is 0. The van der Waals surface area contributed by atoms with Crippen molar-refractivity contribution in [3.05, 3.63) is 55.5 Å². The normalized spacial score (nSPS) is 11.9. The van der Waals surface area contributed by atoms with E-state index in [9.17, 15) is 18.0 Å². The first-order valence-electron chi connectivity index (χ1n) is 6.65. The number of H-pyrrole nitrogens is 1. The molecule has 0 fully saturated rings. The quantitative estimate of drug-likeness (QED) is 0.597. The first kappa shape index (κ1) is 16.8. The second kappa shape index (κ2) is 5.82. The highest BCUT2D eigenvalue weighted by Gasteiger charge is 2.35. The number of benzene rings is 1. The van der Waals surface area contributed by atoms with Gasteiger partial charge in [-0.15, -0.1) is 0 Å². The second-order valence-corrected chi connectivity index (χ2v) is 6.38. The Labute approximate surface area is 147 Å². The summed E-state index contributed by atoms with van der Waals surface area (Å²) in [5.74, 6) is 0. The molecule has 0 atom stereocenters. The topological polar surface area (TPSA) is 50.7 Å². The second-order valence-electron chi connectivity index (χ2n) is 5.08. The molecule has 0 bridgehead atoms. The molecule has 1 aromatic carbocycles. The van der Waals surface area contributed by atoms with Crippen molar-refractivity contribution in [2.75, 3.05) is 0 Å². The zero-order chi connectivity index (χ0) is 17.6. The fraction of sp³-hybridized carbons (Fsp3) is 0.133. The molecule has 0 spiro atoms. The van der Waals surface area contributed by atoms with Gasteiger partial charge in [0.1, 0.15) is 5.65 Å². The summed E-state index contributed by atoms with van der Waals surface area (Å²) >= 11 is 8.23. The Morgan fingerprint density at radius 1 is 1.25 bits per heavy atom. The predicted octanol–water partition coefficient (Wildman–Crippen LogP) is 4.44. The largest absolute Gasteiger partial charge is 0.417 e. The number of halogens is 4. The van der Waals surface area contributed by atoms with E-state index in [-0.39, 0.29) is 16.1 Å². The van der Waals surface area contributed by atoms with Crippen LogP contribution in [0.25, 0.3) is 22.3 Å². The number of nitrogens with one attached hydrogen (secondary N) is 1. The van der Waals surface area contributed by atoms with Crippen LogP contribution in [0, 0.1) is 4.77 Å². The zero-order valence-electron chi connectivity index (χ0n) is 12.1. The molecule has 0 unspecified atom stereocenters. The van der Waals surface area contributed by atoms with Gasteiger partial charge in [-0.1, -0.05) is 28.1 Å². The van der Waals surface area contributed by atoms with Gasteiger partial charge in [0.25, 0.3) is 5.56 Å².